The van der Waals surface area contributed by atoms with Gasteiger partial charge in [0.25, 0.3) is 0 Å². The number of carbonyl (C=O) groups excluding carboxylic acids is 1. The number of methoxy groups -OCH3 is 2. The van der Waals surface area contributed by atoms with E-state index in [2.05, 4.69) is 33.5 Å². The fourth-order valence-corrected chi connectivity index (χ4v) is 3.79. The molecule has 160 valence electrons. The van der Waals surface area contributed by atoms with Gasteiger partial charge in [-0.25, -0.2) is 0 Å². The average molecular weight is 418 g/mol. The van der Waals surface area contributed by atoms with Crippen LogP contribution >= 0.6 is 0 Å². The van der Waals surface area contributed by atoms with Crippen LogP contribution in [0.2, 0.25) is 0 Å². The van der Waals surface area contributed by atoms with Gasteiger partial charge in [0.15, 0.2) is 5.82 Å². The molecule has 3 N–H and O–H groups in total. The minimum atomic E-state index is -0.0975. The molecule has 0 atom stereocenters. The molecule has 0 fully saturated rings. The number of amides is 1. The van der Waals surface area contributed by atoms with Crippen LogP contribution in [0.4, 0.5) is 5.82 Å². The Morgan fingerprint density at radius 2 is 1.84 bits per heavy atom. The highest BCUT2D eigenvalue weighted by molar-refractivity contribution is 5.96. The Labute approximate surface area is 180 Å². The van der Waals surface area contributed by atoms with Crippen molar-refractivity contribution in [1.82, 2.24) is 15.2 Å². The number of aryl methyl sites for hydroxylation is 3. The fraction of sp³-hybridized carbons (Fsp3) is 0.250. The summed E-state index contributed by atoms with van der Waals surface area (Å²) in [6.45, 7) is 2.05. The van der Waals surface area contributed by atoms with Crippen molar-refractivity contribution in [2.45, 2.75) is 26.2 Å². The Bertz CT molecular complexity index is 1190. The van der Waals surface area contributed by atoms with E-state index in [-0.39, 0.29) is 12.3 Å². The number of benzene rings is 2. The number of fused-ring (bicyclic) bond motifs is 1. The molecule has 0 radical (unpaired) electrons. The number of anilines is 1. The number of nitrogens with one attached hydrogen (secondary N) is 3. The van der Waals surface area contributed by atoms with Gasteiger partial charge in [0.1, 0.15) is 11.5 Å². The molecule has 0 aliphatic carbocycles. The Morgan fingerprint density at radius 1 is 1.06 bits per heavy atom. The van der Waals surface area contributed by atoms with Gasteiger partial charge in [0.05, 0.1) is 20.6 Å². The molecule has 0 unspecified atom stereocenters. The maximum Gasteiger partial charge on any atom is 0.230 e. The zero-order chi connectivity index (χ0) is 21.8. The first-order valence-electron chi connectivity index (χ1n) is 10.2. The van der Waals surface area contributed by atoms with E-state index in [0.29, 0.717) is 5.82 Å². The van der Waals surface area contributed by atoms with E-state index in [9.17, 15) is 4.79 Å². The molecule has 0 bridgehead atoms. The van der Waals surface area contributed by atoms with Crippen LogP contribution < -0.4 is 14.8 Å². The second-order valence-corrected chi connectivity index (χ2v) is 7.54. The minimum absolute atomic E-state index is 0.0975. The van der Waals surface area contributed by atoms with Crippen molar-refractivity contribution in [3.8, 4) is 11.5 Å². The molecule has 2 aromatic heterocycles. The maximum absolute atomic E-state index is 12.6. The second kappa shape index (κ2) is 8.95. The maximum atomic E-state index is 12.6. The zero-order valence-corrected chi connectivity index (χ0v) is 17.9. The van der Waals surface area contributed by atoms with Crippen molar-refractivity contribution in [2.75, 3.05) is 19.5 Å². The molecule has 2 aromatic carbocycles. The van der Waals surface area contributed by atoms with E-state index >= 15 is 0 Å². The predicted molar refractivity (Wildman–Crippen MR) is 121 cm³/mol. The standard InChI is InChI=1S/C24H26N4O3/c1-15-5-4-6-21-24(15)17(14-25-21)11-23(29)26-22-12-18(27-28-22)8-7-16-9-19(30-2)13-20(10-16)31-3/h4-6,9-10,12-14,25H,7-8,11H2,1-3H3,(H2,26,27,28,29). The highest BCUT2D eigenvalue weighted by Crippen LogP contribution is 2.24. The van der Waals surface area contributed by atoms with Gasteiger partial charge in [-0.2, -0.15) is 5.10 Å². The summed E-state index contributed by atoms with van der Waals surface area (Å²) >= 11 is 0. The molecule has 0 spiro atoms. The predicted octanol–water partition coefficient (Wildman–Crippen LogP) is 4.18. The van der Waals surface area contributed by atoms with E-state index < -0.39 is 0 Å². The molecule has 2 heterocycles. The zero-order valence-electron chi connectivity index (χ0n) is 17.9. The van der Waals surface area contributed by atoms with Crippen LogP contribution in [0.5, 0.6) is 11.5 Å². The Hall–Kier alpha value is -3.74. The van der Waals surface area contributed by atoms with Gasteiger partial charge in [0, 0.05) is 34.9 Å². The van der Waals surface area contributed by atoms with Crippen molar-refractivity contribution in [3.63, 3.8) is 0 Å². The van der Waals surface area contributed by atoms with Crippen LogP contribution in [0.3, 0.4) is 0 Å². The molecule has 0 aliphatic heterocycles. The molecule has 4 aromatic rings. The van der Waals surface area contributed by atoms with Crippen molar-refractivity contribution in [1.29, 1.82) is 0 Å². The smallest absolute Gasteiger partial charge is 0.230 e. The van der Waals surface area contributed by atoms with Gasteiger partial charge < -0.3 is 19.8 Å². The van der Waals surface area contributed by atoms with Gasteiger partial charge in [-0.05, 0) is 54.7 Å². The van der Waals surface area contributed by atoms with Crippen LogP contribution in [0, 0.1) is 6.92 Å². The first-order chi connectivity index (χ1) is 15.1. The Kier molecular flexibility index (Phi) is 5.93. The molecular weight excluding hydrogens is 392 g/mol. The van der Waals surface area contributed by atoms with Crippen LogP contribution in [-0.4, -0.2) is 35.3 Å². The van der Waals surface area contributed by atoms with Crippen molar-refractivity contribution in [2.24, 2.45) is 0 Å². The summed E-state index contributed by atoms with van der Waals surface area (Å²) in [6.07, 6.45) is 3.73. The lowest BCUT2D eigenvalue weighted by Crippen LogP contribution is -2.14. The summed E-state index contributed by atoms with van der Waals surface area (Å²) in [7, 11) is 3.28. The van der Waals surface area contributed by atoms with E-state index in [1.54, 1.807) is 14.2 Å². The lowest BCUT2D eigenvalue weighted by molar-refractivity contribution is -0.115. The van der Waals surface area contributed by atoms with E-state index in [4.69, 9.17) is 9.47 Å². The molecule has 7 nitrogen and oxygen atoms in total. The first-order valence-corrected chi connectivity index (χ1v) is 10.2. The third kappa shape index (κ3) is 4.71. The molecule has 31 heavy (non-hydrogen) atoms. The SMILES string of the molecule is COc1cc(CCc2cc(NC(=O)Cc3c[nH]c4cccc(C)c34)n[nH]2)cc(OC)c1. The molecule has 0 aliphatic rings. The minimum Gasteiger partial charge on any atom is -0.497 e. The topological polar surface area (TPSA) is 92.0 Å². The number of carbonyl (C=O) groups is 1. The van der Waals surface area contributed by atoms with Crippen molar-refractivity contribution < 1.29 is 14.3 Å². The van der Waals surface area contributed by atoms with Crippen LogP contribution in [0.1, 0.15) is 22.4 Å². The average Bonchev–Trinajstić information content (AvgIpc) is 3.39. The van der Waals surface area contributed by atoms with Crippen molar-refractivity contribution in [3.05, 3.63) is 71.0 Å². The summed E-state index contributed by atoms with van der Waals surface area (Å²) < 4.78 is 10.6. The van der Waals surface area contributed by atoms with Gasteiger partial charge in [-0.1, -0.05) is 12.1 Å². The number of H-pyrrole nitrogens is 2. The van der Waals surface area contributed by atoms with Gasteiger partial charge in [-0.3, -0.25) is 9.89 Å². The Balaban J connectivity index is 1.37. The molecule has 4 rings (SSSR count). The van der Waals surface area contributed by atoms with Gasteiger partial charge >= 0.3 is 0 Å². The third-order valence-corrected chi connectivity index (χ3v) is 5.34. The largest absolute Gasteiger partial charge is 0.497 e. The van der Waals surface area contributed by atoms with E-state index in [0.717, 1.165) is 57.6 Å². The molecular formula is C24H26N4O3. The van der Waals surface area contributed by atoms with Gasteiger partial charge in [-0.15, -0.1) is 0 Å². The third-order valence-electron chi connectivity index (χ3n) is 5.34. The molecule has 0 saturated carbocycles. The number of nitrogens with zero attached hydrogens (tertiary/aromatic N) is 1. The number of ether oxygens (including phenoxy) is 2. The number of hydrogen-bond acceptors (Lipinski definition) is 4. The van der Waals surface area contributed by atoms with E-state index in [1.807, 2.05) is 42.6 Å². The molecule has 1 amide bonds. The number of rotatable bonds is 8. The monoisotopic (exact) mass is 418 g/mol. The fourth-order valence-electron chi connectivity index (χ4n) is 3.79. The lowest BCUT2D eigenvalue weighted by Gasteiger charge is -2.08. The second-order valence-electron chi connectivity index (χ2n) is 7.54. The normalized spacial score (nSPS) is 10.9. The lowest BCUT2D eigenvalue weighted by atomic mass is 10.1. The number of aromatic nitrogens is 3. The summed E-state index contributed by atoms with van der Waals surface area (Å²) in [4.78, 5) is 15.8. The Morgan fingerprint density at radius 3 is 2.58 bits per heavy atom. The van der Waals surface area contributed by atoms with Crippen molar-refractivity contribution >= 4 is 22.6 Å². The summed E-state index contributed by atoms with van der Waals surface area (Å²) in [5, 5.41) is 11.2. The highest BCUT2D eigenvalue weighted by Gasteiger charge is 2.12. The summed E-state index contributed by atoms with van der Waals surface area (Å²) in [5.74, 6) is 1.96. The number of hydrogen-bond donors (Lipinski definition) is 3. The summed E-state index contributed by atoms with van der Waals surface area (Å²) in [5.41, 5.74) is 5.22. The summed E-state index contributed by atoms with van der Waals surface area (Å²) in [6, 6.07) is 13.8. The van der Waals surface area contributed by atoms with Crippen LogP contribution in [0.15, 0.2) is 48.7 Å². The van der Waals surface area contributed by atoms with Gasteiger partial charge in [0.2, 0.25) is 5.91 Å². The van der Waals surface area contributed by atoms with Crippen LogP contribution in [-0.2, 0) is 24.1 Å². The first kappa shape index (κ1) is 20.5. The molecule has 0 saturated heterocycles. The molecule has 7 heteroatoms. The quantitative estimate of drug-likeness (QED) is 0.400. The highest BCUT2D eigenvalue weighted by atomic mass is 16.5. The van der Waals surface area contributed by atoms with E-state index in [1.165, 1.54) is 0 Å². The number of aromatic amines is 2. The van der Waals surface area contributed by atoms with Crippen LogP contribution in [0.25, 0.3) is 10.9 Å².